The Morgan fingerprint density at radius 2 is 1.64 bits per heavy atom. The second kappa shape index (κ2) is 12.0. The van der Waals surface area contributed by atoms with Crippen LogP contribution in [-0.4, -0.2) is 62.8 Å². The number of aliphatic carboxylic acids is 1. The minimum atomic E-state index is -1.05. The first-order valence-corrected chi connectivity index (χ1v) is 15.7. The number of hydrogen-bond acceptors (Lipinski definition) is 5. The maximum absolute atomic E-state index is 14.1. The molecule has 36 heavy (non-hydrogen) atoms. The standard InChI is InChI=1S/C29H46FNO4S/c30-20-10-8-18(9-11-20)26-23(13-12-21(32)14-22(33)15-25(34)35)27(19-6-7-19)31-28-24(16-36-29(26)28)17-4-2-1-3-5-17/h12-13,17-24,26-29,31-33H,1-11,14-16H2,(H,34,35)/b13-12+/t18?,20?,21?,22-,23?,24?,26?,27?,28?,29?/m1/s1. The van der Waals surface area contributed by atoms with Gasteiger partial charge in [-0.15, -0.1) is 0 Å². The molecule has 0 aromatic carbocycles. The highest BCUT2D eigenvalue weighted by Gasteiger charge is 2.55. The molecule has 204 valence electrons. The number of piperidine rings is 1. The van der Waals surface area contributed by atoms with Crippen LogP contribution in [0, 0.1) is 35.5 Å². The first kappa shape index (κ1) is 27.0. The number of carboxylic acid groups (broad SMARTS) is 1. The number of rotatable bonds is 9. The molecule has 5 aliphatic rings. The normalized spacial score (nSPS) is 41.8. The number of aliphatic hydroxyl groups is 2. The third-order valence-electron chi connectivity index (χ3n) is 10.0. The zero-order chi connectivity index (χ0) is 25.2. The Labute approximate surface area is 220 Å². The molecule has 7 unspecified atom stereocenters. The van der Waals surface area contributed by atoms with Crippen LogP contribution in [0.4, 0.5) is 4.39 Å². The summed E-state index contributed by atoms with van der Waals surface area (Å²) in [7, 11) is 0. The number of nitrogens with one attached hydrogen (secondary N) is 1. The number of carbonyl (C=O) groups is 1. The van der Waals surface area contributed by atoms with Gasteiger partial charge in [-0.25, -0.2) is 4.39 Å². The molecular weight excluding hydrogens is 477 g/mol. The summed E-state index contributed by atoms with van der Waals surface area (Å²) in [6, 6.07) is 0.945. The van der Waals surface area contributed by atoms with Gasteiger partial charge in [0.1, 0.15) is 6.17 Å². The maximum Gasteiger partial charge on any atom is 0.305 e. The van der Waals surface area contributed by atoms with Crippen LogP contribution >= 0.6 is 11.8 Å². The second-order valence-electron chi connectivity index (χ2n) is 12.5. The third-order valence-corrected chi connectivity index (χ3v) is 11.6. The molecule has 2 heterocycles. The summed E-state index contributed by atoms with van der Waals surface area (Å²) in [4.78, 5) is 10.9. The van der Waals surface area contributed by atoms with Crippen LogP contribution in [0.1, 0.15) is 83.5 Å². The largest absolute Gasteiger partial charge is 0.481 e. The first-order chi connectivity index (χ1) is 17.4. The molecule has 5 nitrogen and oxygen atoms in total. The molecule has 2 saturated heterocycles. The van der Waals surface area contributed by atoms with Crippen LogP contribution in [0.2, 0.25) is 0 Å². The van der Waals surface area contributed by atoms with Gasteiger partial charge in [-0.05, 0) is 79.8 Å². The fourth-order valence-electron chi connectivity index (χ4n) is 8.12. The van der Waals surface area contributed by atoms with E-state index in [0.29, 0.717) is 53.8 Å². The van der Waals surface area contributed by atoms with E-state index in [0.717, 1.165) is 24.7 Å². The predicted molar refractivity (Wildman–Crippen MR) is 142 cm³/mol. The van der Waals surface area contributed by atoms with E-state index < -0.39 is 24.3 Å². The number of hydrogen-bond donors (Lipinski definition) is 4. The summed E-state index contributed by atoms with van der Waals surface area (Å²) in [6.45, 7) is 0. The van der Waals surface area contributed by atoms with Crippen molar-refractivity contribution in [1.82, 2.24) is 5.32 Å². The molecule has 5 fully saturated rings. The van der Waals surface area contributed by atoms with Gasteiger partial charge >= 0.3 is 5.97 Å². The lowest BCUT2D eigenvalue weighted by Crippen LogP contribution is -2.61. The number of thioether (sulfide) groups is 1. The van der Waals surface area contributed by atoms with Crippen molar-refractivity contribution in [3.8, 4) is 0 Å². The van der Waals surface area contributed by atoms with Gasteiger partial charge < -0.3 is 20.6 Å². The number of aliphatic hydroxyl groups excluding tert-OH is 2. The lowest BCUT2D eigenvalue weighted by molar-refractivity contribution is -0.139. The van der Waals surface area contributed by atoms with Gasteiger partial charge in [-0.2, -0.15) is 11.8 Å². The summed E-state index contributed by atoms with van der Waals surface area (Å²) in [5.41, 5.74) is 0. The van der Waals surface area contributed by atoms with Gasteiger partial charge in [0, 0.05) is 23.8 Å². The molecule has 0 spiro atoms. The molecule has 0 radical (unpaired) electrons. The third kappa shape index (κ3) is 6.32. The van der Waals surface area contributed by atoms with E-state index in [9.17, 15) is 19.4 Å². The quantitative estimate of drug-likeness (QED) is 0.320. The van der Waals surface area contributed by atoms with Crippen molar-refractivity contribution in [2.24, 2.45) is 35.5 Å². The van der Waals surface area contributed by atoms with Gasteiger partial charge in [0.2, 0.25) is 0 Å². The summed E-state index contributed by atoms with van der Waals surface area (Å²) in [5, 5.41) is 34.3. The monoisotopic (exact) mass is 523 g/mol. The highest BCUT2D eigenvalue weighted by Crippen LogP contribution is 2.55. The number of alkyl halides is 1. The summed E-state index contributed by atoms with van der Waals surface area (Å²) >= 11 is 2.16. The van der Waals surface area contributed by atoms with E-state index in [1.165, 1.54) is 50.7 Å². The summed E-state index contributed by atoms with van der Waals surface area (Å²) in [6.07, 6.45) is 13.8. The molecule has 2 aliphatic heterocycles. The lowest BCUT2D eigenvalue weighted by atomic mass is 9.63. The van der Waals surface area contributed by atoms with Crippen LogP contribution in [-0.2, 0) is 4.79 Å². The predicted octanol–water partition coefficient (Wildman–Crippen LogP) is 4.95. The molecular formula is C29H46FNO4S. The molecule has 0 aromatic rings. The molecule has 8 atom stereocenters. The lowest BCUT2D eigenvalue weighted by Gasteiger charge is -2.51. The highest BCUT2D eigenvalue weighted by atomic mass is 32.2. The average Bonchev–Trinajstić information content (AvgIpc) is 3.61. The Morgan fingerprint density at radius 1 is 0.944 bits per heavy atom. The first-order valence-electron chi connectivity index (χ1n) is 14.7. The van der Waals surface area contributed by atoms with Crippen LogP contribution in [0.25, 0.3) is 0 Å². The Morgan fingerprint density at radius 3 is 2.31 bits per heavy atom. The zero-order valence-electron chi connectivity index (χ0n) is 21.5. The second-order valence-corrected chi connectivity index (χ2v) is 13.7. The summed E-state index contributed by atoms with van der Waals surface area (Å²) < 4.78 is 14.1. The topological polar surface area (TPSA) is 89.8 Å². The van der Waals surface area contributed by atoms with E-state index in [4.69, 9.17) is 5.11 Å². The molecule has 0 amide bonds. The zero-order valence-corrected chi connectivity index (χ0v) is 22.3. The van der Waals surface area contributed by atoms with Crippen molar-refractivity contribution < 1.29 is 24.5 Å². The minimum absolute atomic E-state index is 0.0409. The Bertz CT molecular complexity index is 764. The van der Waals surface area contributed by atoms with Crippen LogP contribution < -0.4 is 5.32 Å². The number of carboxylic acids is 1. The van der Waals surface area contributed by atoms with E-state index in [2.05, 4.69) is 23.2 Å². The SMILES string of the molecule is O=C(O)C[C@H](O)CC(O)/C=C/C1C(C2CC2)NC2C(C3CCCCC3)CSC2C1C1CCC(F)CC1. The van der Waals surface area contributed by atoms with Crippen molar-refractivity contribution in [1.29, 1.82) is 0 Å². The molecule has 3 saturated carbocycles. The van der Waals surface area contributed by atoms with Crippen molar-refractivity contribution in [3.05, 3.63) is 12.2 Å². The van der Waals surface area contributed by atoms with Crippen LogP contribution in [0.15, 0.2) is 12.2 Å². The smallest absolute Gasteiger partial charge is 0.305 e. The van der Waals surface area contributed by atoms with Crippen molar-refractivity contribution >= 4 is 17.7 Å². The van der Waals surface area contributed by atoms with Gasteiger partial charge in [-0.1, -0.05) is 44.3 Å². The van der Waals surface area contributed by atoms with Gasteiger partial charge in [0.15, 0.2) is 0 Å². The number of halogens is 1. The van der Waals surface area contributed by atoms with Gasteiger partial charge in [0.05, 0.1) is 18.6 Å². The van der Waals surface area contributed by atoms with Crippen molar-refractivity contribution in [3.63, 3.8) is 0 Å². The number of fused-ring (bicyclic) bond motifs is 1. The van der Waals surface area contributed by atoms with Crippen LogP contribution in [0.5, 0.6) is 0 Å². The van der Waals surface area contributed by atoms with E-state index in [1.807, 2.05) is 6.08 Å². The fraction of sp³-hybridized carbons (Fsp3) is 0.897. The van der Waals surface area contributed by atoms with Crippen molar-refractivity contribution in [2.75, 3.05) is 5.75 Å². The Kier molecular flexibility index (Phi) is 9.02. The van der Waals surface area contributed by atoms with Crippen molar-refractivity contribution in [2.45, 2.75) is 119 Å². The van der Waals surface area contributed by atoms with E-state index >= 15 is 0 Å². The minimum Gasteiger partial charge on any atom is -0.481 e. The molecule has 7 heteroatoms. The molecule has 4 N–H and O–H groups in total. The summed E-state index contributed by atoms with van der Waals surface area (Å²) in [5.74, 6) is 3.74. The molecule has 3 aliphatic carbocycles. The van der Waals surface area contributed by atoms with Crippen LogP contribution in [0.3, 0.4) is 0 Å². The van der Waals surface area contributed by atoms with Gasteiger partial charge in [0.25, 0.3) is 0 Å². The highest BCUT2D eigenvalue weighted by molar-refractivity contribution is 8.00. The Hall–Kier alpha value is -0.630. The average molecular weight is 524 g/mol. The molecule has 0 aromatic heterocycles. The van der Waals surface area contributed by atoms with Gasteiger partial charge in [-0.3, -0.25) is 4.79 Å². The fourth-order valence-corrected chi connectivity index (χ4v) is 10.2. The molecule has 5 rings (SSSR count). The molecule has 0 bridgehead atoms. The maximum atomic E-state index is 14.1. The van der Waals surface area contributed by atoms with E-state index in [-0.39, 0.29) is 12.8 Å². The Balaban J connectivity index is 1.37. The van der Waals surface area contributed by atoms with E-state index in [1.54, 1.807) is 0 Å².